The third-order valence-corrected chi connectivity index (χ3v) is 5.00. The largest absolute Gasteiger partial charge is 0.481 e. The standard InChI is InChI=1S/C18H21ClN2O3/c19-12-6-7-15-14(9-12)11(10-20-15)8-17(22)21-16-5-3-1-2-4-13(16)18(23)24/h6-7,9-10,13,16,20H,1-5,8H2,(H,21,22)(H,23,24)/t13-,16+/m1/s1. The first-order valence-corrected chi connectivity index (χ1v) is 8.70. The number of rotatable bonds is 4. The molecule has 0 radical (unpaired) electrons. The van der Waals surface area contributed by atoms with Gasteiger partial charge in [-0.1, -0.05) is 30.9 Å². The Hall–Kier alpha value is -2.01. The topological polar surface area (TPSA) is 82.2 Å². The minimum atomic E-state index is -0.818. The number of benzene rings is 1. The van der Waals surface area contributed by atoms with E-state index in [1.807, 2.05) is 18.3 Å². The van der Waals surface area contributed by atoms with Gasteiger partial charge in [-0.05, 0) is 36.6 Å². The van der Waals surface area contributed by atoms with Crippen molar-refractivity contribution in [3.8, 4) is 0 Å². The predicted molar refractivity (Wildman–Crippen MR) is 93.2 cm³/mol. The molecule has 1 amide bonds. The Bertz CT molecular complexity index is 756. The van der Waals surface area contributed by atoms with Crippen molar-refractivity contribution in [2.45, 2.75) is 44.6 Å². The van der Waals surface area contributed by atoms with Crippen molar-refractivity contribution in [1.29, 1.82) is 0 Å². The van der Waals surface area contributed by atoms with Gasteiger partial charge in [-0.3, -0.25) is 9.59 Å². The summed E-state index contributed by atoms with van der Waals surface area (Å²) in [4.78, 5) is 27.0. The van der Waals surface area contributed by atoms with Crippen LogP contribution in [0.15, 0.2) is 24.4 Å². The number of hydrogen-bond acceptors (Lipinski definition) is 2. The minimum absolute atomic E-state index is 0.144. The van der Waals surface area contributed by atoms with E-state index in [9.17, 15) is 14.7 Å². The summed E-state index contributed by atoms with van der Waals surface area (Å²) < 4.78 is 0. The van der Waals surface area contributed by atoms with E-state index in [1.165, 1.54) is 0 Å². The predicted octanol–water partition coefficient (Wildman–Crippen LogP) is 3.51. The lowest BCUT2D eigenvalue weighted by atomic mass is 9.94. The zero-order valence-corrected chi connectivity index (χ0v) is 14.1. The van der Waals surface area contributed by atoms with Crippen molar-refractivity contribution in [2.24, 2.45) is 5.92 Å². The number of carbonyl (C=O) groups is 2. The number of hydrogen-bond donors (Lipinski definition) is 3. The number of aromatic nitrogens is 1. The second-order valence-electron chi connectivity index (χ2n) is 6.44. The highest BCUT2D eigenvalue weighted by Crippen LogP contribution is 2.25. The summed E-state index contributed by atoms with van der Waals surface area (Å²) in [5, 5.41) is 13.9. The highest BCUT2D eigenvalue weighted by molar-refractivity contribution is 6.31. The lowest BCUT2D eigenvalue weighted by molar-refractivity contribution is -0.143. The van der Waals surface area contributed by atoms with Crippen LogP contribution in [-0.4, -0.2) is 28.0 Å². The number of aromatic amines is 1. The van der Waals surface area contributed by atoms with Gasteiger partial charge in [-0.15, -0.1) is 0 Å². The molecule has 24 heavy (non-hydrogen) atoms. The summed E-state index contributed by atoms with van der Waals surface area (Å²) in [5.41, 5.74) is 1.80. The van der Waals surface area contributed by atoms with Crippen LogP contribution in [0.25, 0.3) is 10.9 Å². The second kappa shape index (κ2) is 7.26. The second-order valence-corrected chi connectivity index (χ2v) is 6.87. The van der Waals surface area contributed by atoms with Crippen LogP contribution in [0.2, 0.25) is 5.02 Å². The van der Waals surface area contributed by atoms with Crippen molar-refractivity contribution >= 4 is 34.4 Å². The highest BCUT2D eigenvalue weighted by atomic mass is 35.5. The van der Waals surface area contributed by atoms with Gasteiger partial charge in [-0.25, -0.2) is 0 Å². The molecule has 2 aromatic rings. The quantitative estimate of drug-likeness (QED) is 0.739. The third-order valence-electron chi connectivity index (χ3n) is 4.76. The molecule has 6 heteroatoms. The number of fused-ring (bicyclic) bond motifs is 1. The van der Waals surface area contributed by atoms with Crippen LogP contribution in [0, 0.1) is 5.92 Å². The van der Waals surface area contributed by atoms with Gasteiger partial charge in [0.05, 0.1) is 12.3 Å². The summed E-state index contributed by atoms with van der Waals surface area (Å²) in [5.74, 6) is -1.45. The van der Waals surface area contributed by atoms with E-state index in [2.05, 4.69) is 10.3 Å². The molecule has 1 aromatic carbocycles. The van der Waals surface area contributed by atoms with E-state index < -0.39 is 11.9 Å². The van der Waals surface area contributed by atoms with E-state index >= 15 is 0 Å². The normalized spacial score (nSPS) is 21.4. The number of aliphatic carboxylic acids is 1. The molecule has 3 rings (SSSR count). The molecule has 0 spiro atoms. The third kappa shape index (κ3) is 3.73. The maximum absolute atomic E-state index is 12.4. The molecular weight excluding hydrogens is 328 g/mol. The number of H-pyrrole nitrogens is 1. The Labute approximate surface area is 145 Å². The van der Waals surface area contributed by atoms with Gasteiger partial charge >= 0.3 is 5.97 Å². The summed E-state index contributed by atoms with van der Waals surface area (Å²) in [6.07, 6.45) is 6.26. The SMILES string of the molecule is O=C(Cc1c[nH]c2ccc(Cl)cc12)N[C@H]1CCCCC[C@H]1C(=O)O. The molecule has 1 fully saturated rings. The van der Waals surface area contributed by atoms with Crippen molar-refractivity contribution < 1.29 is 14.7 Å². The van der Waals surface area contributed by atoms with Gasteiger partial charge in [0.15, 0.2) is 0 Å². The van der Waals surface area contributed by atoms with Crippen LogP contribution in [-0.2, 0) is 16.0 Å². The van der Waals surface area contributed by atoms with Crippen LogP contribution >= 0.6 is 11.6 Å². The zero-order chi connectivity index (χ0) is 17.1. The minimum Gasteiger partial charge on any atom is -0.481 e. The maximum Gasteiger partial charge on any atom is 0.308 e. The Morgan fingerprint density at radius 2 is 2.04 bits per heavy atom. The summed E-state index contributed by atoms with van der Waals surface area (Å²) in [7, 11) is 0. The van der Waals surface area contributed by atoms with E-state index in [-0.39, 0.29) is 18.4 Å². The number of carbonyl (C=O) groups excluding carboxylic acids is 1. The van der Waals surface area contributed by atoms with Crippen LogP contribution in [0.1, 0.15) is 37.7 Å². The average molecular weight is 349 g/mol. The summed E-state index contributed by atoms with van der Waals surface area (Å²) in [6.45, 7) is 0. The van der Waals surface area contributed by atoms with E-state index in [0.29, 0.717) is 11.4 Å². The molecule has 1 heterocycles. The lowest BCUT2D eigenvalue weighted by Gasteiger charge is -2.22. The van der Waals surface area contributed by atoms with Gasteiger partial charge in [0.1, 0.15) is 0 Å². The molecule has 0 saturated heterocycles. The van der Waals surface area contributed by atoms with Crippen molar-refractivity contribution in [2.75, 3.05) is 0 Å². The maximum atomic E-state index is 12.4. The van der Waals surface area contributed by atoms with Crippen molar-refractivity contribution in [1.82, 2.24) is 10.3 Å². The van der Waals surface area contributed by atoms with Gasteiger partial charge < -0.3 is 15.4 Å². The van der Waals surface area contributed by atoms with Crippen LogP contribution in [0.4, 0.5) is 0 Å². The number of halogens is 1. The Balaban J connectivity index is 1.71. The molecule has 0 bridgehead atoms. The van der Waals surface area contributed by atoms with Crippen molar-refractivity contribution in [3.05, 3.63) is 35.0 Å². The first-order chi connectivity index (χ1) is 11.5. The monoisotopic (exact) mass is 348 g/mol. The van der Waals surface area contributed by atoms with Gasteiger partial charge in [0, 0.05) is 28.2 Å². The van der Waals surface area contributed by atoms with Crippen LogP contribution in [0.5, 0.6) is 0 Å². The molecule has 5 nitrogen and oxygen atoms in total. The number of carboxylic acids is 1. The molecule has 1 aromatic heterocycles. The molecule has 1 aliphatic rings. The van der Waals surface area contributed by atoms with Crippen LogP contribution in [0.3, 0.4) is 0 Å². The fourth-order valence-electron chi connectivity index (χ4n) is 3.50. The van der Waals surface area contributed by atoms with Crippen molar-refractivity contribution in [3.63, 3.8) is 0 Å². The van der Waals surface area contributed by atoms with Gasteiger partial charge in [0.25, 0.3) is 0 Å². The molecule has 2 atom stereocenters. The summed E-state index contributed by atoms with van der Waals surface area (Å²) in [6, 6.07) is 5.23. The van der Waals surface area contributed by atoms with E-state index in [0.717, 1.165) is 42.1 Å². The molecule has 1 saturated carbocycles. The first-order valence-electron chi connectivity index (χ1n) is 8.32. The molecule has 3 N–H and O–H groups in total. The molecule has 1 aliphatic carbocycles. The molecular formula is C18H21ClN2O3. The summed E-state index contributed by atoms with van der Waals surface area (Å²) >= 11 is 6.03. The lowest BCUT2D eigenvalue weighted by Crippen LogP contribution is -2.43. The first kappa shape index (κ1) is 16.8. The van der Waals surface area contributed by atoms with E-state index in [4.69, 9.17) is 11.6 Å². The highest BCUT2D eigenvalue weighted by Gasteiger charge is 2.30. The van der Waals surface area contributed by atoms with Gasteiger partial charge in [0.2, 0.25) is 5.91 Å². The van der Waals surface area contributed by atoms with E-state index in [1.54, 1.807) is 6.07 Å². The zero-order valence-electron chi connectivity index (χ0n) is 13.3. The molecule has 0 aliphatic heterocycles. The Kier molecular flexibility index (Phi) is 5.09. The number of amides is 1. The molecule has 0 unspecified atom stereocenters. The number of nitrogens with one attached hydrogen (secondary N) is 2. The number of carboxylic acid groups (broad SMARTS) is 1. The van der Waals surface area contributed by atoms with Crippen LogP contribution < -0.4 is 5.32 Å². The Morgan fingerprint density at radius 1 is 1.25 bits per heavy atom. The molecule has 128 valence electrons. The fourth-order valence-corrected chi connectivity index (χ4v) is 3.68. The fraction of sp³-hybridized carbons (Fsp3) is 0.444. The average Bonchev–Trinajstić information content (AvgIpc) is 2.77. The Morgan fingerprint density at radius 3 is 2.83 bits per heavy atom. The smallest absolute Gasteiger partial charge is 0.308 e. The van der Waals surface area contributed by atoms with Gasteiger partial charge in [-0.2, -0.15) is 0 Å².